The molecule has 1 amide bonds. The van der Waals surface area contributed by atoms with Crippen molar-refractivity contribution in [2.45, 2.75) is 25.1 Å². The molecule has 7 nitrogen and oxygen atoms in total. The summed E-state index contributed by atoms with van der Waals surface area (Å²) in [4.78, 5) is 25.0. The van der Waals surface area contributed by atoms with Crippen LogP contribution in [0.3, 0.4) is 0 Å². The van der Waals surface area contributed by atoms with Crippen LogP contribution in [0.1, 0.15) is 34.8 Å². The topological polar surface area (TPSA) is 92.5 Å². The molecule has 1 fully saturated rings. The minimum atomic E-state index is -1.17. The lowest BCUT2D eigenvalue weighted by Crippen LogP contribution is -2.52. The summed E-state index contributed by atoms with van der Waals surface area (Å²) in [6.45, 7) is 4.12. The lowest BCUT2D eigenvalue weighted by molar-refractivity contribution is 0.0678. The molecule has 0 spiro atoms. The van der Waals surface area contributed by atoms with Crippen LogP contribution >= 0.6 is 0 Å². The second-order valence-corrected chi connectivity index (χ2v) is 6.79. The van der Waals surface area contributed by atoms with E-state index >= 15 is 0 Å². The van der Waals surface area contributed by atoms with Gasteiger partial charge in [0, 0.05) is 42.3 Å². The quantitative estimate of drug-likeness (QED) is 0.836. The van der Waals surface area contributed by atoms with E-state index in [2.05, 4.69) is 5.10 Å². The highest BCUT2D eigenvalue weighted by Gasteiger charge is 2.34. The molecule has 1 N–H and O–H groups in total. The Morgan fingerprint density at radius 3 is 2.65 bits per heavy atom. The van der Waals surface area contributed by atoms with E-state index in [1.165, 1.54) is 17.8 Å². The van der Waals surface area contributed by atoms with Gasteiger partial charge in [-0.1, -0.05) is 0 Å². The Labute approximate surface area is 119 Å². The lowest BCUT2D eigenvalue weighted by atomic mass is 10.2. The molecule has 1 aromatic heterocycles. The summed E-state index contributed by atoms with van der Waals surface area (Å²) in [5.41, 5.74) is 0.0752. The van der Waals surface area contributed by atoms with Gasteiger partial charge in [-0.2, -0.15) is 5.10 Å². The van der Waals surface area contributed by atoms with E-state index in [1.54, 1.807) is 4.90 Å². The van der Waals surface area contributed by atoms with E-state index in [-0.39, 0.29) is 28.6 Å². The third-order valence-corrected chi connectivity index (χ3v) is 5.51. The van der Waals surface area contributed by atoms with Gasteiger partial charge in [0.25, 0.3) is 5.91 Å². The molecular weight excluding hydrogens is 282 g/mol. The Bertz CT molecular complexity index is 583. The van der Waals surface area contributed by atoms with Crippen molar-refractivity contribution in [3.8, 4) is 0 Å². The van der Waals surface area contributed by atoms with Crippen LogP contribution in [0.4, 0.5) is 0 Å². The first-order valence-corrected chi connectivity index (χ1v) is 7.66. The zero-order chi connectivity index (χ0) is 15.0. The summed E-state index contributed by atoms with van der Waals surface area (Å²) >= 11 is 0. The number of aromatic nitrogens is 2. The van der Waals surface area contributed by atoms with Gasteiger partial charge in [-0.05, 0) is 13.8 Å². The number of nitrogens with zero attached hydrogens (tertiary/aromatic N) is 3. The Kier molecular flexibility index (Phi) is 3.94. The summed E-state index contributed by atoms with van der Waals surface area (Å²) in [5.74, 6) is -0.995. The Hall–Kier alpha value is -1.70. The van der Waals surface area contributed by atoms with Gasteiger partial charge in [-0.25, -0.2) is 4.79 Å². The van der Waals surface area contributed by atoms with Crippen LogP contribution in [0.15, 0.2) is 6.07 Å². The van der Waals surface area contributed by atoms with Crippen molar-refractivity contribution in [1.29, 1.82) is 0 Å². The molecule has 0 radical (unpaired) electrons. The summed E-state index contributed by atoms with van der Waals surface area (Å²) in [6, 6.07) is 1.12. The fourth-order valence-electron chi connectivity index (χ4n) is 2.26. The molecule has 0 saturated carbocycles. The summed E-state index contributed by atoms with van der Waals surface area (Å²) < 4.78 is 13.0. The highest BCUT2D eigenvalue weighted by atomic mass is 32.2. The second kappa shape index (κ2) is 5.35. The van der Waals surface area contributed by atoms with Crippen LogP contribution in [0.25, 0.3) is 0 Å². The van der Waals surface area contributed by atoms with E-state index in [1.807, 2.05) is 13.8 Å². The SMILES string of the molecule is CC1C(C)S(=O)CCN1C(=O)c1cc(C(=O)O)nn1C. The van der Waals surface area contributed by atoms with Gasteiger partial charge in [0.15, 0.2) is 5.69 Å². The van der Waals surface area contributed by atoms with Crippen molar-refractivity contribution in [2.75, 3.05) is 12.3 Å². The lowest BCUT2D eigenvalue weighted by Gasteiger charge is -2.37. The van der Waals surface area contributed by atoms with E-state index in [4.69, 9.17) is 5.11 Å². The van der Waals surface area contributed by atoms with Crippen LogP contribution in [0.2, 0.25) is 0 Å². The molecule has 3 unspecified atom stereocenters. The highest BCUT2D eigenvalue weighted by Crippen LogP contribution is 2.19. The smallest absolute Gasteiger partial charge is 0.356 e. The average Bonchev–Trinajstić information content (AvgIpc) is 2.78. The number of amides is 1. The molecule has 8 heteroatoms. The normalized spacial score (nSPS) is 26.6. The molecule has 1 aliphatic rings. The maximum atomic E-state index is 12.5. The molecule has 110 valence electrons. The van der Waals surface area contributed by atoms with Gasteiger partial charge < -0.3 is 10.0 Å². The predicted octanol–water partition coefficient (Wildman–Crippen LogP) is 0.0998. The molecule has 2 rings (SSSR count). The zero-order valence-corrected chi connectivity index (χ0v) is 12.4. The number of carboxylic acids is 1. The summed E-state index contributed by atoms with van der Waals surface area (Å²) in [6.07, 6.45) is 0. The molecule has 3 atom stereocenters. The maximum absolute atomic E-state index is 12.5. The zero-order valence-electron chi connectivity index (χ0n) is 11.6. The second-order valence-electron chi connectivity index (χ2n) is 4.87. The van der Waals surface area contributed by atoms with Crippen LogP contribution in [0.5, 0.6) is 0 Å². The number of rotatable bonds is 2. The molecule has 0 aromatic carbocycles. The molecule has 1 aliphatic heterocycles. The standard InChI is InChI=1S/C12H17N3O4S/c1-7-8(2)20(19)5-4-15(7)11(16)10-6-9(12(17)18)13-14(10)3/h6-8H,4-5H2,1-3H3,(H,17,18). The van der Waals surface area contributed by atoms with Crippen molar-refractivity contribution >= 4 is 22.7 Å². The van der Waals surface area contributed by atoms with Crippen molar-refractivity contribution in [1.82, 2.24) is 14.7 Å². The van der Waals surface area contributed by atoms with Crippen molar-refractivity contribution in [3.63, 3.8) is 0 Å². The third kappa shape index (κ3) is 2.47. The number of aryl methyl sites for hydroxylation is 1. The maximum Gasteiger partial charge on any atom is 0.356 e. The Balaban J connectivity index is 2.27. The van der Waals surface area contributed by atoms with Crippen LogP contribution in [-0.4, -0.2) is 59.5 Å². The van der Waals surface area contributed by atoms with Gasteiger partial charge in [0.2, 0.25) is 0 Å². The summed E-state index contributed by atoms with van der Waals surface area (Å²) in [5, 5.41) is 12.6. The van der Waals surface area contributed by atoms with Crippen molar-refractivity contribution < 1.29 is 18.9 Å². The molecular formula is C12H17N3O4S. The van der Waals surface area contributed by atoms with Crippen LogP contribution < -0.4 is 0 Å². The van der Waals surface area contributed by atoms with Gasteiger partial charge in [0.05, 0.1) is 5.25 Å². The number of hydrogen-bond donors (Lipinski definition) is 1. The first kappa shape index (κ1) is 14.7. The largest absolute Gasteiger partial charge is 0.476 e. The molecule has 1 saturated heterocycles. The molecule has 2 heterocycles. The van der Waals surface area contributed by atoms with Gasteiger partial charge in [-0.3, -0.25) is 13.7 Å². The highest BCUT2D eigenvalue weighted by molar-refractivity contribution is 7.85. The molecule has 1 aromatic rings. The first-order valence-electron chi connectivity index (χ1n) is 6.28. The number of carbonyl (C=O) groups is 2. The fourth-order valence-corrected chi connectivity index (χ4v) is 3.59. The predicted molar refractivity (Wildman–Crippen MR) is 73.1 cm³/mol. The average molecular weight is 299 g/mol. The van der Waals surface area contributed by atoms with Gasteiger partial charge in [-0.15, -0.1) is 0 Å². The van der Waals surface area contributed by atoms with Gasteiger partial charge in [0.1, 0.15) is 5.69 Å². The van der Waals surface area contributed by atoms with Crippen molar-refractivity contribution in [3.05, 3.63) is 17.5 Å². The van der Waals surface area contributed by atoms with E-state index in [9.17, 15) is 13.8 Å². The minimum Gasteiger partial charge on any atom is -0.476 e. The monoisotopic (exact) mass is 299 g/mol. The molecule has 0 bridgehead atoms. The molecule has 0 aliphatic carbocycles. The summed E-state index contributed by atoms with van der Waals surface area (Å²) in [7, 11) is 0.611. The number of aromatic carboxylic acids is 1. The Morgan fingerprint density at radius 1 is 1.45 bits per heavy atom. The minimum absolute atomic E-state index is 0.0973. The first-order chi connectivity index (χ1) is 9.32. The fraction of sp³-hybridized carbons (Fsp3) is 0.583. The van der Waals surface area contributed by atoms with Gasteiger partial charge >= 0.3 is 5.97 Å². The molecule has 20 heavy (non-hydrogen) atoms. The van der Waals surface area contributed by atoms with Crippen LogP contribution in [-0.2, 0) is 17.8 Å². The van der Waals surface area contributed by atoms with E-state index < -0.39 is 16.8 Å². The number of hydrogen-bond acceptors (Lipinski definition) is 4. The van der Waals surface area contributed by atoms with Crippen molar-refractivity contribution in [2.24, 2.45) is 7.05 Å². The van der Waals surface area contributed by atoms with E-state index in [0.29, 0.717) is 12.3 Å². The van der Waals surface area contributed by atoms with E-state index in [0.717, 1.165) is 0 Å². The third-order valence-electron chi connectivity index (χ3n) is 3.70. The number of carboxylic acid groups (broad SMARTS) is 1. The number of carbonyl (C=O) groups excluding carboxylic acids is 1. The van der Waals surface area contributed by atoms with Crippen LogP contribution in [0, 0.1) is 0 Å². The Morgan fingerprint density at radius 2 is 2.10 bits per heavy atom.